The van der Waals surface area contributed by atoms with Gasteiger partial charge in [0.05, 0.1) is 7.85 Å². The summed E-state index contributed by atoms with van der Waals surface area (Å²) >= 11 is 0. The van der Waals surface area contributed by atoms with E-state index >= 15 is 0 Å². The Balaban J connectivity index is 2.40. The summed E-state index contributed by atoms with van der Waals surface area (Å²) in [5.41, 5.74) is 3.60. The molecule has 4 radical (unpaired) electrons. The second-order valence-electron chi connectivity index (χ2n) is 4.82. The van der Waals surface area contributed by atoms with Crippen molar-refractivity contribution >= 4 is 48.9 Å². The number of aryl methyl sites for hydroxylation is 1. The molecule has 4 heteroatoms. The van der Waals surface area contributed by atoms with E-state index in [1.165, 1.54) is 0 Å². The third-order valence-corrected chi connectivity index (χ3v) is 3.60. The van der Waals surface area contributed by atoms with Gasteiger partial charge in [-0.3, -0.25) is 4.79 Å². The minimum atomic E-state index is -0.125. The Labute approximate surface area is 120 Å². The van der Waals surface area contributed by atoms with Crippen LogP contribution < -0.4 is 5.46 Å². The van der Waals surface area contributed by atoms with Gasteiger partial charge < -0.3 is 4.42 Å². The first-order valence-corrected chi connectivity index (χ1v) is 6.62. The first kappa shape index (κ1) is 13.0. The van der Waals surface area contributed by atoms with Crippen LogP contribution in [0.3, 0.4) is 0 Å². The summed E-state index contributed by atoms with van der Waals surface area (Å²) in [5, 5.41) is 1.85. The molecule has 1 aromatic heterocycles. The average Bonchev–Trinajstić information content (AvgIpc) is 2.85. The molecule has 2 aromatic carbocycles. The van der Waals surface area contributed by atoms with Crippen molar-refractivity contribution in [3.63, 3.8) is 0 Å². The van der Waals surface area contributed by atoms with E-state index in [-0.39, 0.29) is 12.1 Å². The van der Waals surface area contributed by atoms with Gasteiger partial charge in [0.2, 0.25) is 0 Å². The SMILES string of the molecule is [B]CC(=O)c1cc([B])c2oc3c(CC)cccc3c2c1. The third kappa shape index (κ3) is 1.87. The largest absolute Gasteiger partial charge is 0.456 e. The summed E-state index contributed by atoms with van der Waals surface area (Å²) in [6.45, 7) is 2.08. The highest BCUT2D eigenvalue weighted by molar-refractivity contribution is 6.40. The normalized spacial score (nSPS) is 11.2. The van der Waals surface area contributed by atoms with E-state index in [4.69, 9.17) is 20.1 Å². The molecule has 0 saturated carbocycles. The molecule has 94 valence electrons. The van der Waals surface area contributed by atoms with Gasteiger partial charge >= 0.3 is 0 Å². The molecule has 2 nitrogen and oxygen atoms in total. The fourth-order valence-corrected chi connectivity index (χ4v) is 2.54. The van der Waals surface area contributed by atoms with Crippen molar-refractivity contribution in [2.75, 3.05) is 0 Å². The van der Waals surface area contributed by atoms with Gasteiger partial charge in [0.1, 0.15) is 19.0 Å². The van der Waals surface area contributed by atoms with E-state index in [0.29, 0.717) is 16.6 Å². The van der Waals surface area contributed by atoms with Crippen molar-refractivity contribution in [1.82, 2.24) is 0 Å². The highest BCUT2D eigenvalue weighted by Crippen LogP contribution is 2.31. The lowest BCUT2D eigenvalue weighted by Gasteiger charge is -2.01. The summed E-state index contributed by atoms with van der Waals surface area (Å²) in [6.07, 6.45) is 0.854. The van der Waals surface area contributed by atoms with Crippen molar-refractivity contribution in [2.24, 2.45) is 0 Å². The van der Waals surface area contributed by atoms with Gasteiger partial charge in [0, 0.05) is 16.3 Å². The number of hydrogen-bond donors (Lipinski definition) is 0. The molecule has 0 spiro atoms. The number of hydrogen-bond acceptors (Lipinski definition) is 2. The van der Waals surface area contributed by atoms with Gasteiger partial charge in [0.25, 0.3) is 0 Å². The number of furan rings is 1. The second-order valence-corrected chi connectivity index (χ2v) is 4.82. The van der Waals surface area contributed by atoms with Crippen LogP contribution in [0.25, 0.3) is 21.9 Å². The first-order chi connectivity index (χ1) is 9.65. The maximum Gasteiger partial charge on any atom is 0.154 e. The van der Waals surface area contributed by atoms with Gasteiger partial charge in [-0.25, -0.2) is 0 Å². The van der Waals surface area contributed by atoms with E-state index in [1.54, 1.807) is 6.07 Å². The fourth-order valence-electron chi connectivity index (χ4n) is 2.54. The van der Waals surface area contributed by atoms with Crippen LogP contribution in [0.2, 0.25) is 6.32 Å². The molecule has 0 aliphatic rings. The van der Waals surface area contributed by atoms with Crippen molar-refractivity contribution in [3.05, 3.63) is 41.5 Å². The topological polar surface area (TPSA) is 30.2 Å². The number of Topliss-reactive ketones (excluding diaryl/α,β-unsaturated/α-hetero) is 1. The van der Waals surface area contributed by atoms with E-state index in [9.17, 15) is 4.79 Å². The molecule has 0 saturated heterocycles. The minimum absolute atomic E-state index is 0.0268. The lowest BCUT2D eigenvalue weighted by Crippen LogP contribution is -2.08. The Morgan fingerprint density at radius 2 is 2.00 bits per heavy atom. The Bertz CT molecular complexity index is 818. The predicted octanol–water partition coefficient (Wildman–Crippen LogP) is 2.71. The molecule has 3 rings (SSSR count). The van der Waals surface area contributed by atoms with Crippen LogP contribution in [0.5, 0.6) is 0 Å². The molecule has 0 unspecified atom stereocenters. The standard InChI is InChI=1S/C16H12B2O2/c1-2-9-4-3-5-11-12-6-10(14(19)8-17)7-13(18)16(12)20-15(9)11/h3-7H,2,8H2,1H3. The molecule has 0 amide bonds. The van der Waals surface area contributed by atoms with Crippen LogP contribution in [-0.2, 0) is 6.42 Å². The lowest BCUT2D eigenvalue weighted by molar-refractivity contribution is 0.101. The highest BCUT2D eigenvalue weighted by atomic mass is 16.3. The number of rotatable bonds is 3. The van der Waals surface area contributed by atoms with Crippen molar-refractivity contribution in [2.45, 2.75) is 19.7 Å². The molecule has 1 heterocycles. The zero-order valence-corrected chi connectivity index (χ0v) is 11.3. The fraction of sp³-hybridized carbons (Fsp3) is 0.188. The van der Waals surface area contributed by atoms with Gasteiger partial charge in [-0.1, -0.05) is 36.7 Å². The van der Waals surface area contributed by atoms with Gasteiger partial charge in [-0.2, -0.15) is 0 Å². The molecule has 0 aliphatic heterocycles. The van der Waals surface area contributed by atoms with E-state index in [2.05, 4.69) is 6.92 Å². The number of benzene rings is 2. The van der Waals surface area contributed by atoms with Crippen LogP contribution in [0, 0.1) is 0 Å². The highest BCUT2D eigenvalue weighted by Gasteiger charge is 2.14. The molecule has 0 fully saturated rings. The predicted molar refractivity (Wildman–Crippen MR) is 83.4 cm³/mol. The van der Waals surface area contributed by atoms with E-state index in [1.807, 2.05) is 24.3 Å². The maximum absolute atomic E-state index is 11.8. The zero-order chi connectivity index (χ0) is 14.3. The number of carbonyl (C=O) groups excluding carboxylic acids is 1. The number of fused-ring (bicyclic) bond motifs is 3. The maximum atomic E-state index is 11.8. The summed E-state index contributed by atoms with van der Waals surface area (Å²) in [5.74, 6) is -0.125. The van der Waals surface area contributed by atoms with Gasteiger partial charge in [-0.15, -0.1) is 0 Å². The zero-order valence-electron chi connectivity index (χ0n) is 11.3. The summed E-state index contributed by atoms with van der Waals surface area (Å²) in [4.78, 5) is 11.8. The Morgan fingerprint density at radius 3 is 2.70 bits per heavy atom. The van der Waals surface area contributed by atoms with E-state index in [0.717, 1.165) is 28.3 Å². The Kier molecular flexibility index (Phi) is 3.17. The van der Waals surface area contributed by atoms with Gasteiger partial charge in [0.15, 0.2) is 5.78 Å². The monoisotopic (exact) mass is 258 g/mol. The number of carbonyl (C=O) groups is 1. The summed E-state index contributed by atoms with van der Waals surface area (Å²) < 4.78 is 5.91. The third-order valence-electron chi connectivity index (χ3n) is 3.60. The Hall–Kier alpha value is -1.96. The summed E-state index contributed by atoms with van der Waals surface area (Å²) in [7, 11) is 11.4. The molecule has 0 aliphatic carbocycles. The van der Waals surface area contributed by atoms with Crippen LogP contribution in [0.15, 0.2) is 34.7 Å². The molecule has 0 bridgehead atoms. The van der Waals surface area contributed by atoms with Crippen molar-refractivity contribution in [1.29, 1.82) is 0 Å². The number of para-hydroxylation sites is 1. The molecule has 20 heavy (non-hydrogen) atoms. The van der Waals surface area contributed by atoms with Gasteiger partial charge in [-0.05, 0) is 24.4 Å². The van der Waals surface area contributed by atoms with Crippen molar-refractivity contribution < 1.29 is 9.21 Å². The summed E-state index contributed by atoms with van der Waals surface area (Å²) in [6, 6.07) is 9.45. The molecule has 3 aromatic rings. The van der Waals surface area contributed by atoms with Crippen LogP contribution in [0.1, 0.15) is 22.8 Å². The first-order valence-electron chi connectivity index (χ1n) is 6.62. The second kappa shape index (κ2) is 4.86. The van der Waals surface area contributed by atoms with Crippen molar-refractivity contribution in [3.8, 4) is 0 Å². The molecular formula is C16H12B2O2. The lowest BCUT2D eigenvalue weighted by atomic mass is 9.88. The van der Waals surface area contributed by atoms with Crippen LogP contribution in [0.4, 0.5) is 0 Å². The molecular weight excluding hydrogens is 246 g/mol. The van der Waals surface area contributed by atoms with E-state index < -0.39 is 0 Å². The number of ketones is 1. The molecule has 0 N–H and O–H groups in total. The smallest absolute Gasteiger partial charge is 0.154 e. The molecule has 0 atom stereocenters. The van der Waals surface area contributed by atoms with Crippen LogP contribution >= 0.6 is 0 Å². The quantitative estimate of drug-likeness (QED) is 0.534. The average molecular weight is 258 g/mol. The minimum Gasteiger partial charge on any atom is -0.456 e. The van der Waals surface area contributed by atoms with Crippen LogP contribution in [-0.4, -0.2) is 21.5 Å². The Morgan fingerprint density at radius 1 is 1.20 bits per heavy atom.